The smallest absolute Gasteiger partial charge is 0.272 e. The second-order valence-electron chi connectivity index (χ2n) is 4.13. The Labute approximate surface area is 114 Å². The van der Waals surface area contributed by atoms with Crippen molar-refractivity contribution < 1.29 is 19.2 Å². The van der Waals surface area contributed by atoms with Gasteiger partial charge in [-0.1, -0.05) is 18.2 Å². The first-order valence-electron chi connectivity index (χ1n) is 5.85. The van der Waals surface area contributed by atoms with Crippen LogP contribution in [0.5, 0.6) is 5.75 Å². The lowest BCUT2D eigenvalue weighted by Crippen LogP contribution is -2.00. The minimum atomic E-state index is -0.687. The Balaban J connectivity index is 2.16. The molecule has 0 saturated heterocycles. The molecular formula is C14H12FNO4. The monoisotopic (exact) mass is 277 g/mol. The largest absolute Gasteiger partial charge is 0.489 e. The molecule has 0 fully saturated rings. The summed E-state index contributed by atoms with van der Waals surface area (Å²) in [7, 11) is 0. The normalized spacial score (nSPS) is 10.3. The van der Waals surface area contributed by atoms with Gasteiger partial charge >= 0.3 is 0 Å². The van der Waals surface area contributed by atoms with Crippen molar-refractivity contribution in [2.45, 2.75) is 13.2 Å². The molecule has 0 aliphatic carbocycles. The van der Waals surface area contributed by atoms with E-state index in [-0.39, 0.29) is 18.9 Å². The average molecular weight is 277 g/mol. The highest BCUT2D eigenvalue weighted by atomic mass is 19.1. The van der Waals surface area contributed by atoms with Gasteiger partial charge in [-0.3, -0.25) is 10.1 Å². The van der Waals surface area contributed by atoms with Crippen molar-refractivity contribution in [2.24, 2.45) is 0 Å². The summed E-state index contributed by atoms with van der Waals surface area (Å²) in [6, 6.07) is 10.1. The predicted octanol–water partition coefficient (Wildman–Crippen LogP) is 2.81. The third-order valence-corrected chi connectivity index (χ3v) is 2.69. The molecule has 0 aliphatic rings. The maximum Gasteiger partial charge on any atom is 0.272 e. The van der Waals surface area contributed by atoms with Gasteiger partial charge in [-0.15, -0.1) is 0 Å². The number of nitrogens with zero attached hydrogens (tertiary/aromatic N) is 1. The first kappa shape index (κ1) is 14.0. The zero-order valence-electron chi connectivity index (χ0n) is 10.5. The number of benzene rings is 2. The van der Waals surface area contributed by atoms with Crippen molar-refractivity contribution in [3.8, 4) is 5.75 Å². The highest BCUT2D eigenvalue weighted by molar-refractivity contribution is 5.36. The highest BCUT2D eigenvalue weighted by Crippen LogP contribution is 2.21. The Morgan fingerprint density at radius 2 is 2.00 bits per heavy atom. The molecule has 0 heterocycles. The number of aliphatic hydroxyl groups is 1. The van der Waals surface area contributed by atoms with Crippen molar-refractivity contribution in [3.05, 3.63) is 69.5 Å². The van der Waals surface area contributed by atoms with Crippen LogP contribution in [0.1, 0.15) is 11.1 Å². The van der Waals surface area contributed by atoms with E-state index in [4.69, 9.17) is 9.84 Å². The number of halogens is 1. The zero-order valence-corrected chi connectivity index (χ0v) is 10.5. The molecule has 0 amide bonds. The summed E-state index contributed by atoms with van der Waals surface area (Å²) in [6.45, 7) is -0.199. The van der Waals surface area contributed by atoms with Gasteiger partial charge < -0.3 is 9.84 Å². The Hall–Kier alpha value is -2.47. The van der Waals surface area contributed by atoms with Crippen molar-refractivity contribution in [1.29, 1.82) is 0 Å². The van der Waals surface area contributed by atoms with E-state index in [9.17, 15) is 14.5 Å². The average Bonchev–Trinajstić information content (AvgIpc) is 2.44. The summed E-state index contributed by atoms with van der Waals surface area (Å²) >= 11 is 0. The van der Waals surface area contributed by atoms with Crippen LogP contribution in [0.4, 0.5) is 10.1 Å². The summed E-state index contributed by atoms with van der Waals surface area (Å²) in [4.78, 5) is 9.99. The molecule has 20 heavy (non-hydrogen) atoms. The predicted molar refractivity (Wildman–Crippen MR) is 69.8 cm³/mol. The number of nitro benzene ring substituents is 1. The lowest BCUT2D eigenvalue weighted by molar-refractivity contribution is -0.385. The van der Waals surface area contributed by atoms with E-state index in [0.717, 1.165) is 6.07 Å². The van der Waals surface area contributed by atoms with Crippen molar-refractivity contribution >= 4 is 5.69 Å². The molecule has 1 N–H and O–H groups in total. The topological polar surface area (TPSA) is 72.6 Å². The van der Waals surface area contributed by atoms with Crippen molar-refractivity contribution in [1.82, 2.24) is 0 Å². The molecule has 0 aromatic heterocycles. The van der Waals surface area contributed by atoms with Crippen molar-refractivity contribution in [2.75, 3.05) is 0 Å². The van der Waals surface area contributed by atoms with Gasteiger partial charge in [0, 0.05) is 11.6 Å². The molecular weight excluding hydrogens is 265 g/mol. The number of nitro groups is 1. The van der Waals surface area contributed by atoms with Crippen LogP contribution in [0.2, 0.25) is 0 Å². The molecule has 0 saturated carbocycles. The SMILES string of the molecule is O=[N+]([O-])c1cc(F)cc(COc2ccccc2CO)c1. The Morgan fingerprint density at radius 1 is 1.25 bits per heavy atom. The summed E-state index contributed by atoms with van der Waals surface area (Å²) < 4.78 is 18.7. The Bertz CT molecular complexity index is 630. The maximum absolute atomic E-state index is 13.3. The van der Waals surface area contributed by atoms with Crippen LogP contribution in [0, 0.1) is 15.9 Å². The van der Waals surface area contributed by atoms with E-state index < -0.39 is 10.7 Å². The van der Waals surface area contributed by atoms with E-state index in [1.54, 1.807) is 24.3 Å². The van der Waals surface area contributed by atoms with Gasteiger partial charge in [0.1, 0.15) is 18.2 Å². The number of aliphatic hydroxyl groups excluding tert-OH is 1. The van der Waals surface area contributed by atoms with Crippen LogP contribution >= 0.6 is 0 Å². The second kappa shape index (κ2) is 6.12. The molecule has 0 unspecified atom stereocenters. The van der Waals surface area contributed by atoms with E-state index in [1.165, 1.54) is 12.1 Å². The minimum absolute atomic E-state index is 0.0182. The van der Waals surface area contributed by atoms with Crippen LogP contribution in [-0.4, -0.2) is 10.0 Å². The molecule has 104 valence electrons. The van der Waals surface area contributed by atoms with Gasteiger partial charge in [-0.05, 0) is 17.7 Å². The molecule has 0 aliphatic heterocycles. The quantitative estimate of drug-likeness (QED) is 0.673. The second-order valence-corrected chi connectivity index (χ2v) is 4.13. The number of rotatable bonds is 5. The number of hydrogen-bond donors (Lipinski definition) is 1. The van der Waals surface area contributed by atoms with E-state index >= 15 is 0 Å². The van der Waals surface area contributed by atoms with Crippen LogP contribution in [0.15, 0.2) is 42.5 Å². The zero-order chi connectivity index (χ0) is 14.5. The van der Waals surface area contributed by atoms with Gasteiger partial charge in [-0.2, -0.15) is 0 Å². The van der Waals surface area contributed by atoms with E-state index in [0.29, 0.717) is 16.9 Å². The maximum atomic E-state index is 13.3. The Morgan fingerprint density at radius 3 is 2.70 bits per heavy atom. The van der Waals surface area contributed by atoms with E-state index in [2.05, 4.69) is 0 Å². The lowest BCUT2D eigenvalue weighted by atomic mass is 10.2. The molecule has 2 aromatic carbocycles. The van der Waals surface area contributed by atoms with Gasteiger partial charge in [0.25, 0.3) is 5.69 Å². The molecule has 5 nitrogen and oxygen atoms in total. The van der Waals surface area contributed by atoms with Gasteiger partial charge in [0.2, 0.25) is 0 Å². The number of non-ortho nitro benzene ring substituents is 1. The summed E-state index contributed by atoms with van der Waals surface area (Å²) in [6.07, 6.45) is 0. The summed E-state index contributed by atoms with van der Waals surface area (Å²) in [5.74, 6) is -0.227. The highest BCUT2D eigenvalue weighted by Gasteiger charge is 2.10. The molecule has 6 heteroatoms. The van der Waals surface area contributed by atoms with Crippen molar-refractivity contribution in [3.63, 3.8) is 0 Å². The van der Waals surface area contributed by atoms with Gasteiger partial charge in [0.15, 0.2) is 0 Å². The Kier molecular flexibility index (Phi) is 4.27. The molecule has 0 spiro atoms. The fourth-order valence-corrected chi connectivity index (χ4v) is 1.76. The van der Waals surface area contributed by atoms with Crippen LogP contribution < -0.4 is 4.74 Å². The van der Waals surface area contributed by atoms with E-state index in [1.807, 2.05) is 0 Å². The van der Waals surface area contributed by atoms with Gasteiger partial charge in [0.05, 0.1) is 17.6 Å². The number of para-hydroxylation sites is 1. The third kappa shape index (κ3) is 3.30. The standard InChI is InChI=1S/C14H12FNO4/c15-12-5-10(6-13(7-12)16(18)19)9-20-14-4-2-1-3-11(14)8-17/h1-7,17H,8-9H2. The summed E-state index contributed by atoms with van der Waals surface area (Å²) in [5.41, 5.74) is 0.627. The molecule has 2 aromatic rings. The fourth-order valence-electron chi connectivity index (χ4n) is 1.76. The summed E-state index contributed by atoms with van der Waals surface area (Å²) in [5, 5.41) is 19.8. The van der Waals surface area contributed by atoms with Crippen LogP contribution in [0.25, 0.3) is 0 Å². The molecule has 0 bridgehead atoms. The molecule has 0 atom stereocenters. The number of ether oxygens (including phenoxy) is 1. The fraction of sp³-hybridized carbons (Fsp3) is 0.143. The molecule has 2 rings (SSSR count). The first-order valence-corrected chi connectivity index (χ1v) is 5.85. The minimum Gasteiger partial charge on any atom is -0.489 e. The first-order chi connectivity index (χ1) is 9.60. The number of hydrogen-bond acceptors (Lipinski definition) is 4. The van der Waals surface area contributed by atoms with Crippen LogP contribution in [-0.2, 0) is 13.2 Å². The van der Waals surface area contributed by atoms with Crippen LogP contribution in [0.3, 0.4) is 0 Å². The lowest BCUT2D eigenvalue weighted by Gasteiger charge is -2.10. The molecule has 0 radical (unpaired) electrons. The van der Waals surface area contributed by atoms with Gasteiger partial charge in [-0.25, -0.2) is 4.39 Å². The third-order valence-electron chi connectivity index (χ3n) is 2.69.